The minimum absolute atomic E-state index is 0.00931. The van der Waals surface area contributed by atoms with E-state index in [9.17, 15) is 4.79 Å². The van der Waals surface area contributed by atoms with E-state index in [1.54, 1.807) is 11.3 Å². The first-order chi connectivity index (χ1) is 6.83. The van der Waals surface area contributed by atoms with E-state index in [4.69, 9.17) is 0 Å². The van der Waals surface area contributed by atoms with Crippen molar-refractivity contribution in [2.75, 3.05) is 7.11 Å². The number of hydrogen-bond donors (Lipinski definition) is 1. The highest BCUT2D eigenvalue weighted by atomic mass is 32.1. The molecule has 76 valence electrons. The Bertz CT molecular complexity index is 335. The Morgan fingerprint density at radius 1 is 1.71 bits per heavy atom. The van der Waals surface area contributed by atoms with Crippen LogP contribution in [0, 0.1) is 0 Å². The van der Waals surface area contributed by atoms with E-state index in [2.05, 4.69) is 21.8 Å². The van der Waals surface area contributed by atoms with Crippen LogP contribution >= 0.6 is 11.3 Å². The minimum Gasteiger partial charge on any atom is -0.277 e. The Kier molecular flexibility index (Phi) is 2.84. The molecule has 0 fully saturated rings. The van der Waals surface area contributed by atoms with E-state index in [0.717, 1.165) is 19.3 Å². The van der Waals surface area contributed by atoms with Crippen molar-refractivity contribution in [2.45, 2.75) is 25.2 Å². The summed E-state index contributed by atoms with van der Waals surface area (Å²) in [5.74, 6) is -0.0307. The molecule has 2 rings (SSSR count). The van der Waals surface area contributed by atoms with Crippen LogP contribution in [0.25, 0.3) is 0 Å². The summed E-state index contributed by atoms with van der Waals surface area (Å²) in [5.41, 5.74) is 3.60. The molecule has 1 aromatic heterocycles. The summed E-state index contributed by atoms with van der Waals surface area (Å²) in [6.45, 7) is 0. The van der Waals surface area contributed by atoms with Gasteiger partial charge < -0.3 is 0 Å². The van der Waals surface area contributed by atoms with Crippen LogP contribution in [0.15, 0.2) is 11.4 Å². The fourth-order valence-electron chi connectivity index (χ4n) is 1.93. The van der Waals surface area contributed by atoms with Crippen molar-refractivity contribution in [3.63, 3.8) is 0 Å². The lowest BCUT2D eigenvalue weighted by Crippen LogP contribution is -2.30. The third kappa shape index (κ3) is 1.67. The van der Waals surface area contributed by atoms with Crippen molar-refractivity contribution in [2.24, 2.45) is 0 Å². The monoisotopic (exact) mass is 211 g/mol. The molecule has 1 unspecified atom stereocenters. The van der Waals surface area contributed by atoms with Crippen molar-refractivity contribution in [3.8, 4) is 0 Å². The van der Waals surface area contributed by atoms with Crippen LogP contribution < -0.4 is 5.48 Å². The van der Waals surface area contributed by atoms with Gasteiger partial charge in [0.15, 0.2) is 0 Å². The van der Waals surface area contributed by atoms with E-state index in [1.807, 2.05) is 0 Å². The first-order valence-corrected chi connectivity index (χ1v) is 5.60. The summed E-state index contributed by atoms with van der Waals surface area (Å²) in [7, 11) is 1.47. The van der Waals surface area contributed by atoms with Gasteiger partial charge in [-0.15, -0.1) is 11.3 Å². The molecule has 0 radical (unpaired) electrons. The predicted molar refractivity (Wildman–Crippen MR) is 55.1 cm³/mol. The zero-order chi connectivity index (χ0) is 9.97. The van der Waals surface area contributed by atoms with E-state index >= 15 is 0 Å². The molecule has 1 N–H and O–H groups in total. The Morgan fingerprint density at radius 2 is 2.57 bits per heavy atom. The normalized spacial score (nSPS) is 20.2. The Hall–Kier alpha value is -0.870. The number of hydrogen-bond acceptors (Lipinski definition) is 3. The van der Waals surface area contributed by atoms with Crippen LogP contribution in [0.5, 0.6) is 0 Å². The number of carbonyl (C=O) groups is 1. The summed E-state index contributed by atoms with van der Waals surface area (Å²) in [6, 6.07) is 2.05. The third-order valence-electron chi connectivity index (χ3n) is 2.57. The van der Waals surface area contributed by atoms with Crippen molar-refractivity contribution in [1.29, 1.82) is 0 Å². The lowest BCUT2D eigenvalue weighted by Gasteiger charge is -2.20. The van der Waals surface area contributed by atoms with Crippen LogP contribution in [0.1, 0.15) is 29.2 Å². The van der Waals surface area contributed by atoms with E-state index in [-0.39, 0.29) is 11.8 Å². The molecule has 0 bridgehead atoms. The quantitative estimate of drug-likeness (QED) is 0.758. The Balaban J connectivity index is 2.19. The molecular formula is C10H13NO2S. The SMILES string of the molecule is CONC(=O)C1CCCc2sccc21. The van der Waals surface area contributed by atoms with Crippen LogP contribution in [-0.2, 0) is 16.1 Å². The van der Waals surface area contributed by atoms with Crippen molar-refractivity contribution >= 4 is 17.2 Å². The molecule has 1 atom stereocenters. The average molecular weight is 211 g/mol. The van der Waals surface area contributed by atoms with Gasteiger partial charge in [-0.25, -0.2) is 5.48 Å². The summed E-state index contributed by atoms with van der Waals surface area (Å²) in [5, 5.41) is 2.06. The largest absolute Gasteiger partial charge is 0.277 e. The Labute approximate surface area is 87.0 Å². The molecular weight excluding hydrogens is 198 g/mol. The van der Waals surface area contributed by atoms with Gasteiger partial charge in [0.2, 0.25) is 0 Å². The second kappa shape index (κ2) is 4.11. The highest BCUT2D eigenvalue weighted by Crippen LogP contribution is 2.34. The second-order valence-electron chi connectivity index (χ2n) is 3.41. The molecule has 1 amide bonds. The molecule has 14 heavy (non-hydrogen) atoms. The van der Waals surface area contributed by atoms with Gasteiger partial charge in [0.1, 0.15) is 0 Å². The number of amides is 1. The van der Waals surface area contributed by atoms with Crippen LogP contribution in [0.3, 0.4) is 0 Å². The smallest absolute Gasteiger partial charge is 0.251 e. The molecule has 4 heteroatoms. The molecule has 0 spiro atoms. The molecule has 1 aliphatic carbocycles. The van der Waals surface area contributed by atoms with E-state index in [1.165, 1.54) is 17.6 Å². The molecule has 0 aliphatic heterocycles. The fraction of sp³-hybridized carbons (Fsp3) is 0.500. The number of rotatable bonds is 2. The number of thiophene rings is 1. The van der Waals surface area contributed by atoms with Crippen molar-refractivity contribution < 1.29 is 9.63 Å². The maximum Gasteiger partial charge on any atom is 0.251 e. The molecule has 1 aliphatic rings. The van der Waals surface area contributed by atoms with Crippen LogP contribution in [0.4, 0.5) is 0 Å². The lowest BCUT2D eigenvalue weighted by atomic mass is 9.87. The standard InChI is InChI=1S/C10H13NO2S/c1-13-11-10(12)8-3-2-4-9-7(8)5-6-14-9/h5-6,8H,2-4H2,1H3,(H,11,12). The van der Waals surface area contributed by atoms with Crippen LogP contribution in [0.2, 0.25) is 0 Å². The zero-order valence-corrected chi connectivity index (χ0v) is 8.89. The zero-order valence-electron chi connectivity index (χ0n) is 8.08. The van der Waals surface area contributed by atoms with Gasteiger partial charge in [0, 0.05) is 4.88 Å². The number of carbonyl (C=O) groups excluding carboxylic acids is 1. The fourth-order valence-corrected chi connectivity index (χ4v) is 2.92. The maximum atomic E-state index is 11.6. The van der Waals surface area contributed by atoms with E-state index in [0.29, 0.717) is 0 Å². The van der Waals surface area contributed by atoms with Gasteiger partial charge in [-0.1, -0.05) is 0 Å². The molecule has 0 aromatic carbocycles. The second-order valence-corrected chi connectivity index (χ2v) is 4.42. The van der Waals surface area contributed by atoms with Gasteiger partial charge >= 0.3 is 0 Å². The predicted octanol–water partition coefficient (Wildman–Crippen LogP) is 1.85. The highest BCUT2D eigenvalue weighted by molar-refractivity contribution is 7.10. The maximum absolute atomic E-state index is 11.6. The first kappa shape index (κ1) is 9.68. The molecule has 0 saturated carbocycles. The summed E-state index contributed by atoms with van der Waals surface area (Å²) in [4.78, 5) is 17.6. The minimum atomic E-state index is -0.0214. The van der Waals surface area contributed by atoms with Crippen molar-refractivity contribution in [3.05, 3.63) is 21.9 Å². The van der Waals surface area contributed by atoms with Gasteiger partial charge in [-0.2, -0.15) is 0 Å². The average Bonchev–Trinajstić information content (AvgIpc) is 2.65. The molecule has 3 nitrogen and oxygen atoms in total. The number of hydroxylamine groups is 1. The van der Waals surface area contributed by atoms with Gasteiger partial charge in [0.05, 0.1) is 13.0 Å². The third-order valence-corrected chi connectivity index (χ3v) is 3.57. The first-order valence-electron chi connectivity index (χ1n) is 4.72. The summed E-state index contributed by atoms with van der Waals surface area (Å²) >= 11 is 1.74. The van der Waals surface area contributed by atoms with Gasteiger partial charge in [-0.3, -0.25) is 9.63 Å². The number of fused-ring (bicyclic) bond motifs is 1. The van der Waals surface area contributed by atoms with Crippen molar-refractivity contribution in [1.82, 2.24) is 5.48 Å². The van der Waals surface area contributed by atoms with Gasteiger partial charge in [0.25, 0.3) is 5.91 Å². The molecule has 0 saturated heterocycles. The van der Waals surface area contributed by atoms with Gasteiger partial charge in [-0.05, 0) is 36.3 Å². The molecule has 1 heterocycles. The van der Waals surface area contributed by atoms with E-state index < -0.39 is 0 Å². The summed E-state index contributed by atoms with van der Waals surface area (Å²) < 4.78 is 0. The highest BCUT2D eigenvalue weighted by Gasteiger charge is 2.27. The number of nitrogens with one attached hydrogen (secondary N) is 1. The van der Waals surface area contributed by atoms with Crippen LogP contribution in [-0.4, -0.2) is 13.0 Å². The number of aryl methyl sites for hydroxylation is 1. The summed E-state index contributed by atoms with van der Waals surface area (Å²) in [6.07, 6.45) is 3.14. The Morgan fingerprint density at radius 3 is 3.36 bits per heavy atom. The molecule has 1 aromatic rings. The topological polar surface area (TPSA) is 38.3 Å². The lowest BCUT2D eigenvalue weighted by molar-refractivity contribution is -0.133.